The number of nitrogens with one attached hydrogen (secondary N) is 1. The van der Waals surface area contributed by atoms with Gasteiger partial charge in [-0.3, -0.25) is 4.79 Å². The quantitative estimate of drug-likeness (QED) is 0.384. The minimum atomic E-state index is -0.112. The molecule has 0 aliphatic heterocycles. The Morgan fingerprint density at radius 1 is 1.19 bits per heavy atom. The Balaban J connectivity index is 1.66. The molecule has 0 aliphatic rings. The summed E-state index contributed by atoms with van der Waals surface area (Å²) in [6.45, 7) is 3.13. The van der Waals surface area contributed by atoms with Crippen molar-refractivity contribution in [3.63, 3.8) is 0 Å². The number of rotatable bonds is 9. The molecule has 0 fully saturated rings. The molecular formula is C20H23ClN4OS. The van der Waals surface area contributed by atoms with Gasteiger partial charge in [0.05, 0.1) is 21.8 Å². The fourth-order valence-electron chi connectivity index (χ4n) is 2.84. The molecule has 0 aliphatic carbocycles. The Labute approximate surface area is 168 Å². The van der Waals surface area contributed by atoms with Crippen molar-refractivity contribution in [2.24, 2.45) is 0 Å². The number of imidazole rings is 1. The number of benzene rings is 1. The molecule has 7 heteroatoms. The lowest BCUT2D eigenvalue weighted by Gasteiger charge is -2.09. The highest BCUT2D eigenvalue weighted by Gasteiger charge is 2.13. The molecule has 0 atom stereocenters. The van der Waals surface area contributed by atoms with Gasteiger partial charge in [-0.05, 0) is 30.7 Å². The molecule has 142 valence electrons. The third kappa shape index (κ3) is 5.47. The first-order chi connectivity index (χ1) is 13.2. The van der Waals surface area contributed by atoms with Gasteiger partial charge in [0.1, 0.15) is 5.82 Å². The smallest absolute Gasteiger partial charge is 0.236 e. The first kappa shape index (κ1) is 19.7. The monoisotopic (exact) mass is 402 g/mol. The van der Waals surface area contributed by atoms with Crippen LogP contribution >= 0.6 is 23.4 Å². The average Bonchev–Trinajstić information content (AvgIpc) is 3.03. The molecule has 0 unspecified atom stereocenters. The van der Waals surface area contributed by atoms with E-state index in [0.717, 1.165) is 29.2 Å². The predicted octanol–water partition coefficient (Wildman–Crippen LogP) is 5.40. The van der Waals surface area contributed by atoms with E-state index in [1.54, 1.807) is 12.1 Å². The maximum Gasteiger partial charge on any atom is 0.236 e. The van der Waals surface area contributed by atoms with Crippen LogP contribution in [0.1, 0.15) is 32.6 Å². The Bertz CT molecular complexity index is 895. The average molecular weight is 403 g/mol. The van der Waals surface area contributed by atoms with E-state index < -0.39 is 0 Å². The number of unbranched alkanes of at least 4 members (excludes halogenated alkanes) is 3. The Hall–Kier alpha value is -2.05. The molecule has 2 aromatic heterocycles. The number of carbonyl (C=O) groups excluding carboxylic acids is 1. The second kappa shape index (κ2) is 9.76. The lowest BCUT2D eigenvalue weighted by molar-refractivity contribution is -0.113. The summed E-state index contributed by atoms with van der Waals surface area (Å²) in [5.74, 6) is 0.667. The number of thioether (sulfide) groups is 1. The maximum absolute atomic E-state index is 12.3. The van der Waals surface area contributed by atoms with E-state index in [-0.39, 0.29) is 11.7 Å². The highest BCUT2D eigenvalue weighted by molar-refractivity contribution is 7.99. The summed E-state index contributed by atoms with van der Waals surface area (Å²) in [5, 5.41) is 4.21. The van der Waals surface area contributed by atoms with Crippen LogP contribution in [-0.2, 0) is 11.3 Å². The van der Waals surface area contributed by atoms with Gasteiger partial charge in [-0.25, -0.2) is 9.97 Å². The minimum Gasteiger partial charge on any atom is -0.319 e. The molecule has 3 aromatic rings. The van der Waals surface area contributed by atoms with Crippen LogP contribution in [0.25, 0.3) is 11.0 Å². The molecule has 2 heterocycles. The number of nitrogens with zero attached hydrogens (tertiary/aromatic N) is 3. The van der Waals surface area contributed by atoms with Gasteiger partial charge in [0.2, 0.25) is 5.91 Å². The van der Waals surface area contributed by atoms with Crippen LogP contribution in [0.3, 0.4) is 0 Å². The number of aromatic nitrogens is 3. The molecule has 0 saturated carbocycles. The number of halogens is 1. The van der Waals surface area contributed by atoms with E-state index in [4.69, 9.17) is 16.6 Å². The van der Waals surface area contributed by atoms with Gasteiger partial charge in [-0.15, -0.1) is 0 Å². The van der Waals surface area contributed by atoms with Gasteiger partial charge in [0.15, 0.2) is 5.16 Å². The summed E-state index contributed by atoms with van der Waals surface area (Å²) in [6, 6.07) is 11.5. The van der Waals surface area contributed by atoms with Crippen LogP contribution in [0.15, 0.2) is 47.8 Å². The van der Waals surface area contributed by atoms with Crippen LogP contribution in [0.5, 0.6) is 0 Å². The highest BCUT2D eigenvalue weighted by Crippen LogP contribution is 2.25. The molecular weight excluding hydrogens is 380 g/mol. The number of para-hydroxylation sites is 2. The van der Waals surface area contributed by atoms with Crippen molar-refractivity contribution in [2.45, 2.75) is 44.3 Å². The summed E-state index contributed by atoms with van der Waals surface area (Å²) in [7, 11) is 0. The Morgan fingerprint density at radius 3 is 2.81 bits per heavy atom. The van der Waals surface area contributed by atoms with Crippen LogP contribution in [-0.4, -0.2) is 26.2 Å². The summed E-state index contributed by atoms with van der Waals surface area (Å²) in [4.78, 5) is 21.1. The molecule has 0 bridgehead atoms. The Kier molecular flexibility index (Phi) is 7.12. The standard InChI is InChI=1S/C20H23ClN4OS/c1-2-3-4-7-12-25-17-9-6-5-8-16(17)23-20(25)27-14-19(26)24-18-11-10-15(21)13-22-18/h5-6,8-11,13H,2-4,7,12,14H2,1H3,(H,22,24,26). The van der Waals surface area contributed by atoms with Crippen molar-refractivity contribution >= 4 is 46.1 Å². The third-order valence-electron chi connectivity index (χ3n) is 4.18. The van der Waals surface area contributed by atoms with Crippen molar-refractivity contribution in [1.82, 2.24) is 14.5 Å². The number of carbonyl (C=O) groups is 1. The molecule has 0 saturated heterocycles. The van der Waals surface area contributed by atoms with Crippen molar-refractivity contribution in [3.05, 3.63) is 47.6 Å². The Morgan fingerprint density at radius 2 is 2.04 bits per heavy atom. The number of amides is 1. The van der Waals surface area contributed by atoms with E-state index in [1.807, 2.05) is 18.2 Å². The zero-order valence-corrected chi connectivity index (χ0v) is 16.9. The van der Waals surface area contributed by atoms with Gasteiger partial charge in [0.25, 0.3) is 0 Å². The van der Waals surface area contributed by atoms with Crippen LogP contribution < -0.4 is 5.32 Å². The van der Waals surface area contributed by atoms with E-state index >= 15 is 0 Å². The largest absolute Gasteiger partial charge is 0.319 e. The van der Waals surface area contributed by atoms with Crippen LogP contribution in [0.2, 0.25) is 5.02 Å². The van der Waals surface area contributed by atoms with Crippen LogP contribution in [0, 0.1) is 0 Å². The lowest BCUT2D eigenvalue weighted by atomic mass is 10.2. The second-order valence-corrected chi connectivity index (χ2v) is 7.67. The van der Waals surface area contributed by atoms with Crippen molar-refractivity contribution in [2.75, 3.05) is 11.1 Å². The SMILES string of the molecule is CCCCCCn1c(SCC(=O)Nc2ccc(Cl)cn2)nc2ccccc21. The number of hydrogen-bond acceptors (Lipinski definition) is 4. The molecule has 0 spiro atoms. The summed E-state index contributed by atoms with van der Waals surface area (Å²) in [5.41, 5.74) is 2.09. The summed E-state index contributed by atoms with van der Waals surface area (Å²) in [6.07, 6.45) is 6.29. The van der Waals surface area contributed by atoms with Crippen LogP contribution in [0.4, 0.5) is 5.82 Å². The number of pyridine rings is 1. The van der Waals surface area contributed by atoms with E-state index in [2.05, 4.69) is 27.9 Å². The first-order valence-electron chi connectivity index (χ1n) is 9.17. The van der Waals surface area contributed by atoms with Gasteiger partial charge < -0.3 is 9.88 Å². The summed E-state index contributed by atoms with van der Waals surface area (Å²) >= 11 is 7.27. The summed E-state index contributed by atoms with van der Waals surface area (Å²) < 4.78 is 2.23. The molecule has 1 aromatic carbocycles. The van der Waals surface area contributed by atoms with Crippen molar-refractivity contribution < 1.29 is 4.79 Å². The predicted molar refractivity (Wildman–Crippen MR) is 112 cm³/mol. The molecule has 0 radical (unpaired) electrons. The van der Waals surface area contributed by atoms with Crippen molar-refractivity contribution in [3.8, 4) is 0 Å². The fraction of sp³-hybridized carbons (Fsp3) is 0.350. The number of hydrogen-bond donors (Lipinski definition) is 1. The van der Waals surface area contributed by atoms with Crippen molar-refractivity contribution in [1.29, 1.82) is 0 Å². The lowest BCUT2D eigenvalue weighted by Crippen LogP contribution is -2.15. The van der Waals surface area contributed by atoms with Gasteiger partial charge in [-0.1, -0.05) is 61.7 Å². The minimum absolute atomic E-state index is 0.112. The van der Waals surface area contributed by atoms with E-state index in [1.165, 1.54) is 37.2 Å². The van der Waals surface area contributed by atoms with Gasteiger partial charge in [0, 0.05) is 12.7 Å². The zero-order valence-electron chi connectivity index (χ0n) is 15.3. The first-order valence-corrected chi connectivity index (χ1v) is 10.5. The topological polar surface area (TPSA) is 59.8 Å². The normalized spacial score (nSPS) is 11.0. The molecule has 1 N–H and O–H groups in total. The van der Waals surface area contributed by atoms with E-state index in [9.17, 15) is 4.79 Å². The molecule has 27 heavy (non-hydrogen) atoms. The third-order valence-corrected chi connectivity index (χ3v) is 5.38. The second-order valence-electron chi connectivity index (χ2n) is 6.29. The highest BCUT2D eigenvalue weighted by atomic mass is 35.5. The van der Waals surface area contributed by atoms with E-state index in [0.29, 0.717) is 10.8 Å². The number of aryl methyl sites for hydroxylation is 1. The van der Waals surface area contributed by atoms with Gasteiger partial charge in [-0.2, -0.15) is 0 Å². The molecule has 5 nitrogen and oxygen atoms in total. The maximum atomic E-state index is 12.3. The zero-order chi connectivity index (χ0) is 19.1. The van der Waals surface area contributed by atoms with Gasteiger partial charge >= 0.3 is 0 Å². The molecule has 1 amide bonds. The number of fused-ring (bicyclic) bond motifs is 1. The number of anilines is 1. The fourth-order valence-corrected chi connectivity index (χ4v) is 3.79. The molecule has 3 rings (SSSR count).